The number of fused-ring (bicyclic) bond motifs is 3. The molecule has 0 saturated heterocycles. The van der Waals surface area contributed by atoms with Gasteiger partial charge in [0.1, 0.15) is 5.60 Å². The minimum Gasteiger partial charge on any atom is -0.444 e. The molecule has 0 aliphatic rings. The number of carbonyl (C=O) groups is 1. The first-order valence-corrected chi connectivity index (χ1v) is 11.4. The van der Waals surface area contributed by atoms with E-state index in [9.17, 15) is 4.79 Å². The fraction of sp³-hybridized carbons (Fsp3) is 0.273. The normalized spacial score (nSPS) is 11.8. The van der Waals surface area contributed by atoms with Crippen molar-refractivity contribution in [1.29, 1.82) is 0 Å². The number of amides is 1. The zero-order chi connectivity index (χ0) is 22.2. The van der Waals surface area contributed by atoms with Gasteiger partial charge >= 0.3 is 6.09 Å². The lowest BCUT2D eigenvalue weighted by Gasteiger charge is -2.19. The first kappa shape index (κ1) is 21.7. The number of hydrogen-bond acceptors (Lipinski definition) is 5. The maximum Gasteiger partial charge on any atom is 0.407 e. The van der Waals surface area contributed by atoms with E-state index in [-0.39, 0.29) is 0 Å². The molecule has 4 aromatic rings. The summed E-state index contributed by atoms with van der Waals surface area (Å²) in [5.41, 5.74) is 3.28. The Balaban J connectivity index is 1.68. The third-order valence-electron chi connectivity index (χ3n) is 4.58. The minimum absolute atomic E-state index is 0.432. The van der Waals surface area contributed by atoms with Gasteiger partial charge in [0.25, 0.3) is 0 Å². The van der Waals surface area contributed by atoms with Crippen LogP contribution in [0.3, 0.4) is 0 Å². The number of aromatic nitrogens is 2. The van der Waals surface area contributed by atoms with Crippen molar-refractivity contribution < 1.29 is 9.53 Å². The number of thiazole rings is 1. The van der Waals surface area contributed by atoms with Gasteiger partial charge < -0.3 is 20.4 Å². The molecule has 1 amide bonds. The third-order valence-corrected chi connectivity index (χ3v) is 5.99. The molecule has 0 atom stereocenters. The van der Waals surface area contributed by atoms with Gasteiger partial charge in [-0.3, -0.25) is 0 Å². The number of halogens is 2. The molecule has 0 unspecified atom stereocenters. The van der Waals surface area contributed by atoms with Crippen LogP contribution in [0.2, 0.25) is 10.0 Å². The molecule has 2 heterocycles. The molecule has 31 heavy (non-hydrogen) atoms. The van der Waals surface area contributed by atoms with Gasteiger partial charge in [0.15, 0.2) is 5.13 Å². The summed E-state index contributed by atoms with van der Waals surface area (Å²) in [7, 11) is 0. The van der Waals surface area contributed by atoms with Crippen LogP contribution in [0.5, 0.6) is 0 Å². The first-order chi connectivity index (χ1) is 14.7. The van der Waals surface area contributed by atoms with E-state index < -0.39 is 11.7 Å². The number of H-pyrrole nitrogens is 1. The second kappa shape index (κ2) is 8.57. The van der Waals surface area contributed by atoms with Crippen LogP contribution in [-0.2, 0) is 11.2 Å². The number of ether oxygens (including phenoxy) is 1. The molecule has 0 spiro atoms. The van der Waals surface area contributed by atoms with Crippen molar-refractivity contribution in [1.82, 2.24) is 15.3 Å². The Kier molecular flexibility index (Phi) is 6.01. The summed E-state index contributed by atoms with van der Waals surface area (Å²) >= 11 is 14.0. The smallest absolute Gasteiger partial charge is 0.407 e. The molecule has 162 valence electrons. The summed E-state index contributed by atoms with van der Waals surface area (Å²) in [5, 5.41) is 11.9. The molecular weight excluding hydrogens is 455 g/mol. The lowest BCUT2D eigenvalue weighted by atomic mass is 10.0. The zero-order valence-corrected chi connectivity index (χ0v) is 19.6. The van der Waals surface area contributed by atoms with Crippen molar-refractivity contribution in [3.05, 3.63) is 51.5 Å². The molecule has 3 N–H and O–H groups in total. The topological polar surface area (TPSA) is 79.0 Å². The highest BCUT2D eigenvalue weighted by molar-refractivity contribution is 7.13. The predicted molar refractivity (Wildman–Crippen MR) is 129 cm³/mol. The number of nitrogens with zero attached hydrogens (tertiary/aromatic N) is 1. The Hall–Kier alpha value is -2.48. The summed E-state index contributed by atoms with van der Waals surface area (Å²) in [4.78, 5) is 19.8. The summed E-state index contributed by atoms with van der Waals surface area (Å²) in [5.74, 6) is 0. The van der Waals surface area contributed by atoms with E-state index in [0.717, 1.165) is 38.2 Å². The quantitative estimate of drug-likeness (QED) is 0.292. The monoisotopic (exact) mass is 476 g/mol. The van der Waals surface area contributed by atoms with Crippen molar-refractivity contribution >= 4 is 73.3 Å². The van der Waals surface area contributed by atoms with Crippen molar-refractivity contribution in [3.8, 4) is 0 Å². The van der Waals surface area contributed by atoms with E-state index >= 15 is 0 Å². The SMILES string of the molecule is CC(C)(C)OC(=O)NCCc1cc(Nc2nccs2)cc2c1[nH]c1cc(Cl)c(Cl)cc12. The molecule has 2 aromatic carbocycles. The Bertz CT molecular complexity index is 1250. The number of hydrogen-bond donors (Lipinski definition) is 3. The van der Waals surface area contributed by atoms with E-state index in [2.05, 4.69) is 32.7 Å². The molecule has 0 aliphatic heterocycles. The molecular formula is C22H22Cl2N4O2S. The van der Waals surface area contributed by atoms with E-state index in [1.165, 1.54) is 11.3 Å². The van der Waals surface area contributed by atoms with Gasteiger partial charge in [-0.1, -0.05) is 23.2 Å². The minimum atomic E-state index is -0.537. The molecule has 6 nitrogen and oxygen atoms in total. The van der Waals surface area contributed by atoms with E-state index in [0.29, 0.717) is 23.0 Å². The molecule has 0 saturated carbocycles. The van der Waals surface area contributed by atoms with Gasteiger partial charge in [0.2, 0.25) is 0 Å². The number of rotatable bonds is 5. The largest absolute Gasteiger partial charge is 0.444 e. The maximum absolute atomic E-state index is 12.0. The number of alkyl carbamates (subject to hydrolysis) is 1. The average molecular weight is 477 g/mol. The van der Waals surface area contributed by atoms with Gasteiger partial charge in [-0.05, 0) is 57.0 Å². The lowest BCUT2D eigenvalue weighted by Crippen LogP contribution is -2.33. The van der Waals surface area contributed by atoms with Crippen molar-refractivity contribution in [2.45, 2.75) is 32.8 Å². The van der Waals surface area contributed by atoms with Crippen LogP contribution in [-0.4, -0.2) is 28.2 Å². The van der Waals surface area contributed by atoms with Crippen molar-refractivity contribution in [2.24, 2.45) is 0 Å². The number of nitrogens with one attached hydrogen (secondary N) is 3. The Morgan fingerprint density at radius 2 is 1.94 bits per heavy atom. The van der Waals surface area contributed by atoms with Crippen LogP contribution in [0.25, 0.3) is 21.8 Å². The van der Waals surface area contributed by atoms with E-state index in [4.69, 9.17) is 27.9 Å². The fourth-order valence-electron chi connectivity index (χ4n) is 3.36. The van der Waals surface area contributed by atoms with Crippen LogP contribution in [0.4, 0.5) is 15.6 Å². The molecule has 0 aliphatic carbocycles. The first-order valence-electron chi connectivity index (χ1n) is 9.76. The second-order valence-electron chi connectivity index (χ2n) is 8.14. The number of benzene rings is 2. The van der Waals surface area contributed by atoms with E-state index in [1.54, 1.807) is 6.20 Å². The second-order valence-corrected chi connectivity index (χ2v) is 9.84. The Labute approximate surface area is 193 Å². The fourth-order valence-corrected chi connectivity index (χ4v) is 4.24. The van der Waals surface area contributed by atoms with Crippen LogP contribution in [0.15, 0.2) is 35.8 Å². The van der Waals surface area contributed by atoms with Crippen LogP contribution < -0.4 is 10.6 Å². The summed E-state index contributed by atoms with van der Waals surface area (Å²) in [6, 6.07) is 7.81. The van der Waals surface area contributed by atoms with Crippen LogP contribution in [0.1, 0.15) is 26.3 Å². The van der Waals surface area contributed by atoms with Crippen molar-refractivity contribution in [3.63, 3.8) is 0 Å². The highest BCUT2D eigenvalue weighted by atomic mass is 35.5. The molecule has 4 rings (SSSR count). The third kappa shape index (κ3) is 5.06. The lowest BCUT2D eigenvalue weighted by molar-refractivity contribution is 0.0528. The van der Waals surface area contributed by atoms with Gasteiger partial charge in [-0.25, -0.2) is 9.78 Å². The van der Waals surface area contributed by atoms with Crippen molar-refractivity contribution in [2.75, 3.05) is 11.9 Å². The maximum atomic E-state index is 12.0. The molecule has 9 heteroatoms. The predicted octanol–water partition coefficient (Wildman–Crippen LogP) is 6.90. The van der Waals surface area contributed by atoms with Gasteiger partial charge in [0, 0.05) is 45.6 Å². The summed E-state index contributed by atoms with van der Waals surface area (Å²) < 4.78 is 5.32. The standard InChI is InChI=1S/C22H22Cl2N4O2S/c1-22(2,3)30-21(29)26-5-4-12-8-13(27-20-25-6-7-31-20)9-15-14-10-16(23)17(24)11-18(14)28-19(12)15/h6-11,28H,4-5H2,1-3H3,(H,25,27)(H,26,29). The number of aromatic amines is 1. The van der Waals surface area contributed by atoms with Crippen LogP contribution in [0, 0.1) is 0 Å². The molecule has 0 radical (unpaired) electrons. The van der Waals surface area contributed by atoms with Crippen LogP contribution >= 0.6 is 34.5 Å². The zero-order valence-electron chi connectivity index (χ0n) is 17.3. The highest BCUT2D eigenvalue weighted by Gasteiger charge is 2.17. The number of anilines is 2. The summed E-state index contributed by atoms with van der Waals surface area (Å²) in [6.45, 7) is 5.95. The number of carbonyl (C=O) groups excluding carboxylic acids is 1. The van der Waals surface area contributed by atoms with Gasteiger partial charge in [-0.15, -0.1) is 11.3 Å². The summed E-state index contributed by atoms with van der Waals surface area (Å²) in [6.07, 6.45) is 1.93. The molecule has 0 bridgehead atoms. The highest BCUT2D eigenvalue weighted by Crippen LogP contribution is 2.36. The Morgan fingerprint density at radius 1 is 1.16 bits per heavy atom. The average Bonchev–Trinajstić information content (AvgIpc) is 3.29. The van der Waals surface area contributed by atoms with Gasteiger partial charge in [0.05, 0.1) is 10.0 Å². The molecule has 2 aromatic heterocycles. The Morgan fingerprint density at radius 3 is 2.65 bits per heavy atom. The van der Waals surface area contributed by atoms with Gasteiger partial charge in [-0.2, -0.15) is 0 Å². The molecule has 0 fully saturated rings. The van der Waals surface area contributed by atoms with E-state index in [1.807, 2.05) is 38.3 Å².